The number of fused-ring (bicyclic) bond motifs is 1. The first kappa shape index (κ1) is 17.8. The molecule has 1 aliphatic carbocycles. The van der Waals surface area contributed by atoms with E-state index in [2.05, 4.69) is 36.1 Å². The van der Waals surface area contributed by atoms with Gasteiger partial charge in [0.25, 0.3) is 0 Å². The Hall–Kier alpha value is -2.56. The minimum Gasteiger partial charge on any atom is -0.484 e. The summed E-state index contributed by atoms with van der Waals surface area (Å²) >= 11 is 0. The molecule has 0 bridgehead atoms. The number of aromatic nitrogens is 1. The molecule has 1 aliphatic heterocycles. The molecule has 2 N–H and O–H groups in total. The van der Waals surface area contributed by atoms with E-state index < -0.39 is 0 Å². The molecular formula is C22H28N4O. The van der Waals surface area contributed by atoms with Gasteiger partial charge >= 0.3 is 0 Å². The highest BCUT2D eigenvalue weighted by atomic mass is 16.5. The lowest BCUT2D eigenvalue weighted by Gasteiger charge is -2.31. The maximum Gasteiger partial charge on any atom is 0.203 e. The molecule has 0 radical (unpaired) electrons. The number of pyridine rings is 1. The Kier molecular flexibility index (Phi) is 5.01. The van der Waals surface area contributed by atoms with Crippen LogP contribution in [0, 0.1) is 10.8 Å². The van der Waals surface area contributed by atoms with Gasteiger partial charge in [0, 0.05) is 13.1 Å². The van der Waals surface area contributed by atoms with Gasteiger partial charge in [0.1, 0.15) is 17.3 Å². The van der Waals surface area contributed by atoms with Gasteiger partial charge in [0.15, 0.2) is 0 Å². The summed E-state index contributed by atoms with van der Waals surface area (Å²) in [5, 5.41) is 16.8. The Bertz CT molecular complexity index is 882. The molecule has 0 unspecified atom stereocenters. The lowest BCUT2D eigenvalue weighted by Crippen LogP contribution is -2.42. The first-order valence-corrected chi connectivity index (χ1v) is 10.00. The van der Waals surface area contributed by atoms with E-state index >= 15 is 0 Å². The van der Waals surface area contributed by atoms with Crippen molar-refractivity contribution in [3.05, 3.63) is 59.2 Å². The second-order valence-corrected chi connectivity index (χ2v) is 7.71. The van der Waals surface area contributed by atoms with Crippen molar-refractivity contribution in [2.45, 2.75) is 51.0 Å². The largest absolute Gasteiger partial charge is 0.484 e. The van der Waals surface area contributed by atoms with Crippen molar-refractivity contribution in [1.82, 2.24) is 9.47 Å². The number of hydrogen-bond acceptors (Lipinski definition) is 3. The Labute approximate surface area is 160 Å². The highest BCUT2D eigenvalue weighted by Crippen LogP contribution is 2.39. The molecule has 1 saturated heterocycles. The lowest BCUT2D eigenvalue weighted by atomic mass is 9.82. The fourth-order valence-corrected chi connectivity index (χ4v) is 4.24. The second kappa shape index (κ2) is 7.59. The van der Waals surface area contributed by atoms with Gasteiger partial charge in [0.2, 0.25) is 5.96 Å². The van der Waals surface area contributed by atoms with Crippen molar-refractivity contribution in [3.63, 3.8) is 0 Å². The Morgan fingerprint density at radius 1 is 1.00 bits per heavy atom. The number of ether oxygens (including phenoxy) is 1. The molecule has 142 valence electrons. The van der Waals surface area contributed by atoms with Crippen molar-refractivity contribution < 1.29 is 4.74 Å². The van der Waals surface area contributed by atoms with Crippen LogP contribution in [0.1, 0.15) is 62.2 Å². The van der Waals surface area contributed by atoms with E-state index in [1.807, 2.05) is 6.07 Å². The summed E-state index contributed by atoms with van der Waals surface area (Å²) in [5.41, 5.74) is 2.96. The molecule has 1 aromatic heterocycles. The monoisotopic (exact) mass is 364 g/mol. The number of hydrogen-bond donors (Lipinski definition) is 2. The van der Waals surface area contributed by atoms with Crippen molar-refractivity contribution in [1.29, 1.82) is 10.8 Å². The van der Waals surface area contributed by atoms with Crippen LogP contribution in [0.2, 0.25) is 0 Å². The zero-order valence-electron chi connectivity index (χ0n) is 15.9. The van der Waals surface area contributed by atoms with Crippen LogP contribution in [0.25, 0.3) is 0 Å². The average molecular weight is 364 g/mol. The van der Waals surface area contributed by atoms with Gasteiger partial charge < -0.3 is 9.64 Å². The maximum atomic E-state index is 8.54. The van der Waals surface area contributed by atoms with E-state index in [1.165, 1.54) is 17.5 Å². The molecule has 1 aromatic carbocycles. The highest BCUT2D eigenvalue weighted by Gasteiger charge is 2.26. The molecular weight excluding hydrogens is 336 g/mol. The molecule has 4 rings (SSSR count). The predicted molar refractivity (Wildman–Crippen MR) is 106 cm³/mol. The van der Waals surface area contributed by atoms with E-state index in [0.717, 1.165) is 44.5 Å². The van der Waals surface area contributed by atoms with Crippen LogP contribution in [0.4, 0.5) is 0 Å². The van der Waals surface area contributed by atoms with Crippen molar-refractivity contribution in [2.24, 2.45) is 0 Å². The number of piperidine rings is 1. The number of nitrogens with one attached hydrogen (secondary N) is 2. The summed E-state index contributed by atoms with van der Waals surface area (Å²) in [7, 11) is 0. The van der Waals surface area contributed by atoms with Gasteiger partial charge in [-0.05, 0) is 61.3 Å². The molecule has 0 saturated carbocycles. The van der Waals surface area contributed by atoms with Crippen LogP contribution in [0.5, 0.6) is 5.75 Å². The molecule has 27 heavy (non-hydrogen) atoms. The van der Waals surface area contributed by atoms with Gasteiger partial charge in [-0.25, -0.2) is 0 Å². The lowest BCUT2D eigenvalue weighted by molar-refractivity contribution is 0.177. The van der Waals surface area contributed by atoms with Crippen LogP contribution in [0.3, 0.4) is 0 Å². The third kappa shape index (κ3) is 3.64. The normalized spacial score (nSPS) is 22.2. The summed E-state index contributed by atoms with van der Waals surface area (Å²) < 4.78 is 7.98. The van der Waals surface area contributed by atoms with Crippen molar-refractivity contribution >= 4 is 5.96 Å². The molecule has 2 aliphatic rings. The summed E-state index contributed by atoms with van der Waals surface area (Å²) in [6.07, 6.45) is 7.40. The smallest absolute Gasteiger partial charge is 0.203 e. The van der Waals surface area contributed by atoms with Crippen molar-refractivity contribution in [2.75, 3.05) is 13.1 Å². The van der Waals surface area contributed by atoms with Gasteiger partial charge in [-0.15, -0.1) is 0 Å². The fraction of sp³-hybridized carbons (Fsp3) is 0.455. The topological polar surface area (TPSA) is 65.1 Å². The molecule has 2 aromatic rings. The second-order valence-electron chi connectivity index (χ2n) is 7.71. The molecule has 1 fully saturated rings. The molecule has 2 atom stereocenters. The van der Waals surface area contributed by atoms with E-state index in [4.69, 9.17) is 15.6 Å². The van der Waals surface area contributed by atoms with Crippen molar-refractivity contribution in [3.8, 4) is 5.75 Å². The quantitative estimate of drug-likeness (QED) is 0.618. The van der Waals surface area contributed by atoms with Crippen LogP contribution in [-0.4, -0.2) is 28.5 Å². The van der Waals surface area contributed by atoms with Crippen LogP contribution in [0.15, 0.2) is 42.6 Å². The number of likely N-dealkylation sites (tertiary alicyclic amines) is 1. The Morgan fingerprint density at radius 3 is 2.52 bits per heavy atom. The van der Waals surface area contributed by atoms with E-state index in [0.29, 0.717) is 17.4 Å². The zero-order valence-corrected chi connectivity index (χ0v) is 15.9. The molecule has 5 heteroatoms. The summed E-state index contributed by atoms with van der Waals surface area (Å²) in [6, 6.07) is 12.1. The molecule has 0 amide bonds. The van der Waals surface area contributed by atoms with E-state index in [9.17, 15) is 0 Å². The average Bonchev–Trinajstić information content (AvgIpc) is 2.72. The van der Waals surface area contributed by atoms with Crippen LogP contribution < -0.4 is 10.2 Å². The third-order valence-electron chi connectivity index (χ3n) is 5.82. The van der Waals surface area contributed by atoms with E-state index in [1.54, 1.807) is 16.8 Å². The Balaban J connectivity index is 1.58. The molecule has 0 spiro atoms. The number of benzene rings is 1. The van der Waals surface area contributed by atoms with E-state index in [-0.39, 0.29) is 6.10 Å². The SMILES string of the molecule is C[C@H]1CC[C@@H](Oc2ccc(=N)n(C(=N)N3CCCCC3)c2)c2ccccc21. The third-order valence-corrected chi connectivity index (χ3v) is 5.82. The molecule has 5 nitrogen and oxygen atoms in total. The minimum absolute atomic E-state index is 0.0339. The maximum absolute atomic E-state index is 8.54. The number of nitrogens with zero attached hydrogens (tertiary/aromatic N) is 2. The summed E-state index contributed by atoms with van der Waals surface area (Å²) in [6.45, 7) is 4.06. The number of rotatable bonds is 2. The minimum atomic E-state index is 0.0339. The van der Waals surface area contributed by atoms with Gasteiger partial charge in [0.05, 0.1) is 6.20 Å². The predicted octanol–water partition coefficient (Wildman–Crippen LogP) is 4.25. The Morgan fingerprint density at radius 2 is 1.74 bits per heavy atom. The summed E-state index contributed by atoms with van der Waals surface area (Å²) in [4.78, 5) is 2.06. The zero-order chi connectivity index (χ0) is 18.8. The van der Waals surface area contributed by atoms with Gasteiger partial charge in [-0.1, -0.05) is 31.2 Å². The molecule has 2 heterocycles. The van der Waals surface area contributed by atoms with Gasteiger partial charge in [-0.3, -0.25) is 15.4 Å². The van der Waals surface area contributed by atoms with Crippen LogP contribution >= 0.6 is 0 Å². The summed E-state index contributed by atoms with van der Waals surface area (Å²) in [5.74, 6) is 1.67. The fourth-order valence-electron chi connectivity index (χ4n) is 4.24. The standard InChI is InChI=1S/C22H28N4O/c1-16-9-11-20(19-8-4-3-7-18(16)19)27-17-10-12-21(23)26(15-17)22(24)25-13-5-2-6-14-25/h3-4,7-8,10,12,15-16,20,23-24H,2,5-6,9,11,13-14H2,1H3/t16-,20+/m0/s1. The first-order valence-electron chi connectivity index (χ1n) is 10.00. The van der Waals surface area contributed by atoms with Crippen LogP contribution in [-0.2, 0) is 0 Å². The first-order chi connectivity index (χ1) is 13.1. The highest BCUT2D eigenvalue weighted by molar-refractivity contribution is 5.79. The van der Waals surface area contributed by atoms with Gasteiger partial charge in [-0.2, -0.15) is 0 Å².